The van der Waals surface area contributed by atoms with Gasteiger partial charge < -0.3 is 10.2 Å². The Hall–Kier alpha value is -2.23. The van der Waals surface area contributed by atoms with Gasteiger partial charge in [0.15, 0.2) is 0 Å². The Morgan fingerprint density at radius 2 is 1.76 bits per heavy atom. The summed E-state index contributed by atoms with van der Waals surface area (Å²) in [5.41, 5.74) is -1.12. The molecule has 2 aromatic carbocycles. The maximum absolute atomic E-state index is 13.2. The maximum atomic E-state index is 13.2. The highest BCUT2D eigenvalue weighted by Gasteiger charge is 2.33. The molecule has 0 radical (unpaired) electrons. The molecule has 3 rings (SSSR count). The van der Waals surface area contributed by atoms with Crippen molar-refractivity contribution < 1.29 is 22.8 Å². The van der Waals surface area contributed by atoms with Crippen LogP contribution in [-0.4, -0.2) is 59.6 Å². The molecular weight excluding hydrogens is 487 g/mol. The van der Waals surface area contributed by atoms with E-state index in [1.807, 2.05) is 36.1 Å². The van der Waals surface area contributed by atoms with E-state index < -0.39 is 17.6 Å². The number of carbonyl (C=O) groups excluding carboxylic acids is 2. The van der Waals surface area contributed by atoms with E-state index >= 15 is 0 Å². The van der Waals surface area contributed by atoms with Crippen LogP contribution >= 0.6 is 23.4 Å². The van der Waals surface area contributed by atoms with Crippen LogP contribution in [0.15, 0.2) is 53.4 Å². The number of rotatable bonds is 7. The summed E-state index contributed by atoms with van der Waals surface area (Å²) in [5, 5.41) is 3.14. The van der Waals surface area contributed by atoms with Crippen molar-refractivity contribution in [2.75, 3.05) is 38.0 Å². The van der Waals surface area contributed by atoms with Crippen molar-refractivity contribution in [1.29, 1.82) is 0 Å². The number of amides is 2. The minimum absolute atomic E-state index is 0.0307. The normalized spacial score (nSPS) is 16.1. The second kappa shape index (κ2) is 12.0. The molecule has 1 heterocycles. The molecule has 2 aromatic rings. The molecule has 184 valence electrons. The lowest BCUT2D eigenvalue weighted by atomic mass is 10.1. The molecule has 34 heavy (non-hydrogen) atoms. The Morgan fingerprint density at radius 3 is 2.47 bits per heavy atom. The van der Waals surface area contributed by atoms with Gasteiger partial charge in [-0.15, -0.1) is 11.8 Å². The number of nitrogens with one attached hydrogen (secondary N) is 1. The van der Waals surface area contributed by atoms with E-state index in [1.54, 1.807) is 16.7 Å². The van der Waals surface area contributed by atoms with E-state index in [2.05, 4.69) is 5.32 Å². The van der Waals surface area contributed by atoms with Crippen LogP contribution in [0.1, 0.15) is 25.3 Å². The molecule has 0 saturated carbocycles. The standard InChI is InChI=1S/C24H27ClF3N3O2S/c1-17(34-19-9-7-18(25)8-10-19)15-23(33)31-12-4-11-30(13-14-31)16-22(32)29-21-6-3-2-5-20(21)24(26,27)28/h2-3,5-10,17H,4,11-16H2,1H3,(H,29,32). The monoisotopic (exact) mass is 513 g/mol. The average molecular weight is 514 g/mol. The predicted molar refractivity (Wildman–Crippen MR) is 129 cm³/mol. The zero-order valence-electron chi connectivity index (χ0n) is 18.8. The Kier molecular flexibility index (Phi) is 9.27. The highest BCUT2D eigenvalue weighted by Crippen LogP contribution is 2.34. The molecule has 2 amide bonds. The third kappa shape index (κ3) is 7.92. The van der Waals surface area contributed by atoms with E-state index in [4.69, 9.17) is 11.6 Å². The number of para-hydroxylation sites is 1. The molecule has 1 aliphatic heterocycles. The van der Waals surface area contributed by atoms with Gasteiger partial charge in [0.25, 0.3) is 0 Å². The predicted octanol–water partition coefficient (Wildman–Crippen LogP) is 5.40. The summed E-state index contributed by atoms with van der Waals surface area (Å²) in [7, 11) is 0. The first kappa shape index (κ1) is 26.4. The molecule has 10 heteroatoms. The lowest BCUT2D eigenvalue weighted by Gasteiger charge is -2.23. The van der Waals surface area contributed by atoms with Crippen LogP contribution in [0.2, 0.25) is 5.02 Å². The Bertz CT molecular complexity index is 988. The number of benzene rings is 2. The van der Waals surface area contributed by atoms with Gasteiger partial charge in [0, 0.05) is 47.8 Å². The Labute approximate surface area is 206 Å². The van der Waals surface area contributed by atoms with Gasteiger partial charge in [-0.1, -0.05) is 30.7 Å². The summed E-state index contributed by atoms with van der Waals surface area (Å²) >= 11 is 7.53. The number of carbonyl (C=O) groups is 2. The highest BCUT2D eigenvalue weighted by atomic mass is 35.5. The molecule has 1 unspecified atom stereocenters. The first-order valence-corrected chi connectivity index (χ1v) is 12.3. The zero-order valence-corrected chi connectivity index (χ0v) is 20.3. The van der Waals surface area contributed by atoms with Crippen molar-refractivity contribution in [3.05, 3.63) is 59.1 Å². The van der Waals surface area contributed by atoms with Crippen molar-refractivity contribution in [3.63, 3.8) is 0 Å². The van der Waals surface area contributed by atoms with Crippen molar-refractivity contribution in [2.24, 2.45) is 0 Å². The Balaban J connectivity index is 1.47. The van der Waals surface area contributed by atoms with Gasteiger partial charge >= 0.3 is 6.18 Å². The number of hydrogen-bond donors (Lipinski definition) is 1. The van der Waals surface area contributed by atoms with Crippen molar-refractivity contribution in [2.45, 2.75) is 36.1 Å². The third-order valence-electron chi connectivity index (χ3n) is 5.43. The summed E-state index contributed by atoms with van der Waals surface area (Å²) in [6, 6.07) is 12.4. The first-order valence-electron chi connectivity index (χ1n) is 11.0. The van der Waals surface area contributed by atoms with Gasteiger partial charge in [0.05, 0.1) is 17.8 Å². The molecule has 1 N–H and O–H groups in total. The van der Waals surface area contributed by atoms with Gasteiger partial charge in [-0.3, -0.25) is 14.5 Å². The van der Waals surface area contributed by atoms with Crippen LogP contribution in [0.25, 0.3) is 0 Å². The maximum Gasteiger partial charge on any atom is 0.418 e. The number of hydrogen-bond acceptors (Lipinski definition) is 4. The largest absolute Gasteiger partial charge is 0.418 e. The average Bonchev–Trinajstić information content (AvgIpc) is 3.00. The molecule has 0 aliphatic carbocycles. The fraction of sp³-hybridized carbons (Fsp3) is 0.417. The molecule has 1 saturated heterocycles. The molecule has 0 spiro atoms. The van der Waals surface area contributed by atoms with Gasteiger partial charge in [0.2, 0.25) is 11.8 Å². The van der Waals surface area contributed by atoms with Crippen LogP contribution in [0.3, 0.4) is 0 Å². The van der Waals surface area contributed by atoms with Crippen molar-refractivity contribution in [3.8, 4) is 0 Å². The number of thioether (sulfide) groups is 1. The van der Waals surface area contributed by atoms with Crippen LogP contribution in [0.5, 0.6) is 0 Å². The summed E-state index contributed by atoms with van der Waals surface area (Å²) in [5.74, 6) is -0.455. The van der Waals surface area contributed by atoms with Crippen LogP contribution in [0, 0.1) is 0 Å². The van der Waals surface area contributed by atoms with Gasteiger partial charge in [0.1, 0.15) is 0 Å². The highest BCUT2D eigenvalue weighted by molar-refractivity contribution is 8.00. The van der Waals surface area contributed by atoms with E-state index in [9.17, 15) is 22.8 Å². The number of halogens is 4. The summed E-state index contributed by atoms with van der Waals surface area (Å²) in [6.07, 6.45) is -3.46. The molecule has 1 atom stereocenters. The Morgan fingerprint density at radius 1 is 1.06 bits per heavy atom. The lowest BCUT2D eigenvalue weighted by Crippen LogP contribution is -2.38. The summed E-state index contributed by atoms with van der Waals surface area (Å²) in [6.45, 7) is 4.11. The minimum Gasteiger partial charge on any atom is -0.341 e. The zero-order chi connectivity index (χ0) is 24.7. The molecule has 1 aliphatic rings. The molecule has 5 nitrogen and oxygen atoms in total. The lowest BCUT2D eigenvalue weighted by molar-refractivity contribution is -0.137. The second-order valence-corrected chi connectivity index (χ2v) is 10.1. The van der Waals surface area contributed by atoms with Crippen LogP contribution < -0.4 is 5.32 Å². The quantitative estimate of drug-likeness (QED) is 0.503. The number of alkyl halides is 3. The van der Waals surface area contributed by atoms with Crippen molar-refractivity contribution in [1.82, 2.24) is 9.80 Å². The SMILES string of the molecule is CC(CC(=O)N1CCCN(CC(=O)Nc2ccccc2C(F)(F)F)CC1)Sc1ccc(Cl)cc1. The second-order valence-electron chi connectivity index (χ2n) is 8.19. The van der Waals surface area contributed by atoms with Crippen LogP contribution in [0.4, 0.5) is 18.9 Å². The molecular formula is C24H27ClF3N3O2S. The van der Waals surface area contributed by atoms with Gasteiger partial charge in [-0.25, -0.2) is 0 Å². The summed E-state index contributed by atoms with van der Waals surface area (Å²) in [4.78, 5) is 29.9. The fourth-order valence-corrected chi connectivity index (χ4v) is 4.88. The van der Waals surface area contributed by atoms with E-state index in [0.29, 0.717) is 44.0 Å². The smallest absolute Gasteiger partial charge is 0.341 e. The summed E-state index contributed by atoms with van der Waals surface area (Å²) < 4.78 is 39.5. The third-order valence-corrected chi connectivity index (χ3v) is 6.79. The van der Waals surface area contributed by atoms with Gasteiger partial charge in [-0.2, -0.15) is 13.2 Å². The molecule has 1 fully saturated rings. The fourth-order valence-electron chi connectivity index (χ4n) is 3.77. The number of anilines is 1. The van der Waals surface area contributed by atoms with E-state index in [1.165, 1.54) is 18.2 Å². The van der Waals surface area contributed by atoms with Crippen molar-refractivity contribution >= 4 is 40.9 Å². The van der Waals surface area contributed by atoms with E-state index in [0.717, 1.165) is 11.0 Å². The number of nitrogens with zero attached hydrogens (tertiary/aromatic N) is 2. The van der Waals surface area contributed by atoms with E-state index in [-0.39, 0.29) is 23.4 Å². The van der Waals surface area contributed by atoms with Crippen LogP contribution in [-0.2, 0) is 15.8 Å². The minimum atomic E-state index is -4.55. The first-order chi connectivity index (χ1) is 16.1. The topological polar surface area (TPSA) is 52.7 Å². The molecule has 0 aromatic heterocycles. The molecule has 0 bridgehead atoms. The van der Waals surface area contributed by atoms with Gasteiger partial charge in [-0.05, 0) is 42.8 Å².